The number of thiocarbonyl (C=S) groups is 1. The summed E-state index contributed by atoms with van der Waals surface area (Å²) in [6.45, 7) is 2.90. The maximum atomic E-state index is 5.72. The monoisotopic (exact) mass is 362 g/mol. The van der Waals surface area contributed by atoms with E-state index in [1.54, 1.807) is 0 Å². The molecule has 1 aromatic carbocycles. The van der Waals surface area contributed by atoms with Gasteiger partial charge in [-0.3, -0.25) is 4.98 Å². The van der Waals surface area contributed by atoms with Gasteiger partial charge < -0.3 is 14.8 Å². The number of nitrogens with one attached hydrogen (secondary N) is 1. The molecule has 3 aromatic rings. The van der Waals surface area contributed by atoms with Gasteiger partial charge in [0.05, 0.1) is 17.8 Å². The quantitative estimate of drug-likeness (QED) is 0.714. The Balaban J connectivity index is 1.76. The van der Waals surface area contributed by atoms with Crippen LogP contribution in [0.15, 0.2) is 66.9 Å². The zero-order valence-electron chi connectivity index (χ0n) is 15.0. The molecule has 0 unspecified atom stereocenters. The zero-order chi connectivity index (χ0) is 18.1. The Morgan fingerprint density at radius 3 is 2.46 bits per heavy atom. The van der Waals surface area contributed by atoms with E-state index < -0.39 is 0 Å². The molecule has 1 saturated heterocycles. The number of hydrogen-bond acceptors (Lipinski definition) is 2. The normalized spacial score (nSPS) is 19.6. The maximum absolute atomic E-state index is 5.72. The summed E-state index contributed by atoms with van der Waals surface area (Å²) in [5.41, 5.74) is 4.72. The van der Waals surface area contributed by atoms with Gasteiger partial charge in [0, 0.05) is 31.2 Å². The number of nitrogens with zero attached hydrogens (tertiary/aromatic N) is 3. The molecule has 4 nitrogen and oxygen atoms in total. The van der Waals surface area contributed by atoms with Crippen molar-refractivity contribution in [3.8, 4) is 0 Å². The lowest BCUT2D eigenvalue weighted by Crippen LogP contribution is -2.30. The van der Waals surface area contributed by atoms with Crippen LogP contribution in [-0.4, -0.2) is 19.6 Å². The van der Waals surface area contributed by atoms with Crippen LogP contribution >= 0.6 is 12.2 Å². The predicted octanol–water partition coefficient (Wildman–Crippen LogP) is 3.90. The van der Waals surface area contributed by atoms with Crippen LogP contribution in [0.2, 0.25) is 0 Å². The van der Waals surface area contributed by atoms with Crippen LogP contribution in [0.1, 0.15) is 34.7 Å². The molecule has 0 spiro atoms. The second kappa shape index (κ2) is 6.92. The molecule has 0 amide bonds. The van der Waals surface area contributed by atoms with Gasteiger partial charge in [0.1, 0.15) is 0 Å². The first kappa shape index (κ1) is 16.8. The van der Waals surface area contributed by atoms with Gasteiger partial charge in [-0.05, 0) is 49.0 Å². The van der Waals surface area contributed by atoms with E-state index in [0.29, 0.717) is 0 Å². The second-order valence-electron chi connectivity index (χ2n) is 6.70. The number of aromatic nitrogens is 2. The Morgan fingerprint density at radius 2 is 1.81 bits per heavy atom. The van der Waals surface area contributed by atoms with Gasteiger partial charge in [0.2, 0.25) is 0 Å². The highest BCUT2D eigenvalue weighted by molar-refractivity contribution is 7.80. The lowest BCUT2D eigenvalue weighted by atomic mass is 10.0. The van der Waals surface area contributed by atoms with Gasteiger partial charge in [-0.15, -0.1) is 0 Å². The molecule has 0 radical (unpaired) electrons. The van der Waals surface area contributed by atoms with Crippen molar-refractivity contribution in [2.24, 2.45) is 7.05 Å². The summed E-state index contributed by atoms with van der Waals surface area (Å²) in [7, 11) is 2.11. The van der Waals surface area contributed by atoms with Crippen LogP contribution in [0.4, 0.5) is 0 Å². The Kier molecular flexibility index (Phi) is 4.47. The van der Waals surface area contributed by atoms with Gasteiger partial charge in [-0.2, -0.15) is 0 Å². The highest BCUT2D eigenvalue weighted by atomic mass is 32.1. The molecule has 4 rings (SSSR count). The van der Waals surface area contributed by atoms with Gasteiger partial charge in [0.15, 0.2) is 5.11 Å². The van der Waals surface area contributed by atoms with Crippen LogP contribution in [0.3, 0.4) is 0 Å². The zero-order valence-corrected chi connectivity index (χ0v) is 15.8. The van der Waals surface area contributed by atoms with Crippen molar-refractivity contribution in [2.75, 3.05) is 0 Å². The molecular weight excluding hydrogens is 340 g/mol. The van der Waals surface area contributed by atoms with Crippen molar-refractivity contribution in [1.29, 1.82) is 0 Å². The molecule has 2 aromatic heterocycles. The number of benzene rings is 1. The van der Waals surface area contributed by atoms with Crippen molar-refractivity contribution in [1.82, 2.24) is 19.8 Å². The fourth-order valence-electron chi connectivity index (χ4n) is 3.61. The lowest BCUT2D eigenvalue weighted by molar-refractivity contribution is 0.299. The van der Waals surface area contributed by atoms with E-state index in [2.05, 4.69) is 76.2 Å². The summed E-state index contributed by atoms with van der Waals surface area (Å²) < 4.78 is 2.24. The average molecular weight is 363 g/mol. The number of aryl methyl sites for hydroxylation is 1. The molecule has 1 fully saturated rings. The summed E-state index contributed by atoms with van der Waals surface area (Å²) in [4.78, 5) is 6.87. The maximum Gasteiger partial charge on any atom is 0.170 e. The molecule has 1 N–H and O–H groups in total. The molecule has 3 heterocycles. The number of pyridine rings is 1. The first-order chi connectivity index (χ1) is 12.6. The molecule has 5 heteroatoms. The highest BCUT2D eigenvalue weighted by Gasteiger charge is 2.40. The molecular formula is C21H22N4S. The van der Waals surface area contributed by atoms with Crippen molar-refractivity contribution in [3.63, 3.8) is 0 Å². The van der Waals surface area contributed by atoms with Crippen molar-refractivity contribution < 1.29 is 0 Å². The summed E-state index contributed by atoms with van der Waals surface area (Å²) in [5.74, 6) is 0. The predicted molar refractivity (Wildman–Crippen MR) is 108 cm³/mol. The Labute approximate surface area is 159 Å². The SMILES string of the molecule is Cc1ccc([C@@H]2[C@H](c3ccccn3)NC(=S)N2Cc2ccccc2)n1C. The van der Waals surface area contributed by atoms with Crippen molar-refractivity contribution in [2.45, 2.75) is 25.6 Å². The fourth-order valence-corrected chi connectivity index (χ4v) is 3.91. The van der Waals surface area contributed by atoms with Gasteiger partial charge in [0.25, 0.3) is 0 Å². The van der Waals surface area contributed by atoms with Crippen molar-refractivity contribution in [3.05, 3.63) is 89.5 Å². The smallest absolute Gasteiger partial charge is 0.170 e. The van der Waals surface area contributed by atoms with Crippen LogP contribution < -0.4 is 5.32 Å². The van der Waals surface area contributed by atoms with Crippen LogP contribution in [-0.2, 0) is 13.6 Å². The number of rotatable bonds is 4. The largest absolute Gasteiger partial charge is 0.352 e. The highest BCUT2D eigenvalue weighted by Crippen LogP contribution is 2.39. The van der Waals surface area contributed by atoms with Gasteiger partial charge >= 0.3 is 0 Å². The minimum Gasteiger partial charge on any atom is -0.352 e. The molecule has 1 aliphatic heterocycles. The third-order valence-electron chi connectivity index (χ3n) is 5.11. The van der Waals surface area contributed by atoms with Crippen LogP contribution in [0, 0.1) is 6.92 Å². The lowest BCUT2D eigenvalue weighted by Gasteiger charge is -2.28. The first-order valence-corrected chi connectivity index (χ1v) is 9.20. The summed E-state index contributed by atoms with van der Waals surface area (Å²) in [6.07, 6.45) is 1.84. The van der Waals surface area contributed by atoms with E-state index >= 15 is 0 Å². The molecule has 0 saturated carbocycles. The van der Waals surface area contributed by atoms with E-state index in [0.717, 1.165) is 17.4 Å². The van der Waals surface area contributed by atoms with Crippen LogP contribution in [0.5, 0.6) is 0 Å². The average Bonchev–Trinajstić information content (AvgIpc) is 3.17. The Morgan fingerprint density at radius 1 is 1.04 bits per heavy atom. The van der Waals surface area contributed by atoms with E-state index in [1.807, 2.05) is 24.4 Å². The summed E-state index contributed by atoms with van der Waals surface area (Å²) >= 11 is 5.72. The first-order valence-electron chi connectivity index (χ1n) is 8.79. The molecule has 132 valence electrons. The molecule has 0 bridgehead atoms. The topological polar surface area (TPSA) is 33.1 Å². The Hall–Kier alpha value is -2.66. The third kappa shape index (κ3) is 2.99. The van der Waals surface area contributed by atoms with E-state index in [-0.39, 0.29) is 12.1 Å². The van der Waals surface area contributed by atoms with E-state index in [4.69, 9.17) is 12.2 Å². The fraction of sp³-hybridized carbons (Fsp3) is 0.238. The summed E-state index contributed by atoms with van der Waals surface area (Å²) in [5, 5.41) is 4.28. The second-order valence-corrected chi connectivity index (χ2v) is 7.09. The van der Waals surface area contributed by atoms with E-state index in [9.17, 15) is 0 Å². The standard InChI is InChI=1S/C21H22N4S/c1-15-11-12-18(24(15)2)20-19(17-10-6-7-13-22-17)23-21(26)25(20)14-16-8-4-3-5-9-16/h3-13,19-20H,14H2,1-2H3,(H,23,26)/t19-,20+/m0/s1. The van der Waals surface area contributed by atoms with Crippen molar-refractivity contribution >= 4 is 17.3 Å². The Bertz CT molecular complexity index is 904. The minimum absolute atomic E-state index is 0.0282. The number of hydrogen-bond donors (Lipinski definition) is 1. The minimum atomic E-state index is 0.0282. The molecule has 26 heavy (non-hydrogen) atoms. The molecule has 2 atom stereocenters. The summed E-state index contributed by atoms with van der Waals surface area (Å²) in [6, 6.07) is 21.0. The molecule has 0 aliphatic carbocycles. The van der Waals surface area contributed by atoms with Gasteiger partial charge in [-0.1, -0.05) is 36.4 Å². The van der Waals surface area contributed by atoms with E-state index in [1.165, 1.54) is 17.0 Å². The third-order valence-corrected chi connectivity index (χ3v) is 5.46. The van der Waals surface area contributed by atoms with Gasteiger partial charge in [-0.25, -0.2) is 0 Å². The van der Waals surface area contributed by atoms with Crippen LogP contribution in [0.25, 0.3) is 0 Å². The molecule has 1 aliphatic rings.